The van der Waals surface area contributed by atoms with Crippen LogP contribution in [-0.2, 0) is 11.3 Å². The summed E-state index contributed by atoms with van der Waals surface area (Å²) in [6, 6.07) is 8.87. The summed E-state index contributed by atoms with van der Waals surface area (Å²) in [5, 5.41) is 2.02. The monoisotopic (exact) mass is 349 g/mol. The molecule has 1 aliphatic rings. The molecule has 132 valence electrons. The van der Waals surface area contributed by atoms with E-state index in [1.165, 1.54) is 10.9 Å². The second kappa shape index (κ2) is 8.34. The summed E-state index contributed by atoms with van der Waals surface area (Å²) in [6.45, 7) is 12.6. The van der Waals surface area contributed by atoms with Crippen LogP contribution < -0.4 is 0 Å². The Morgan fingerprint density at radius 3 is 2.83 bits per heavy atom. The van der Waals surface area contributed by atoms with Crippen molar-refractivity contribution in [1.29, 1.82) is 0 Å². The van der Waals surface area contributed by atoms with Gasteiger partial charge in [-0.1, -0.05) is 11.6 Å². The van der Waals surface area contributed by atoms with Crippen LogP contribution in [-0.4, -0.2) is 66.3 Å². The minimum atomic E-state index is 0.597. The Kier molecular flexibility index (Phi) is 6.17. The SMILES string of the molecule is CCOCCN1CCN(CCn2ccc3cc(Cl)ccc32)C[C@@H]1C. The van der Waals surface area contributed by atoms with E-state index in [0.29, 0.717) is 6.04 Å². The van der Waals surface area contributed by atoms with Crippen molar-refractivity contribution in [3.63, 3.8) is 0 Å². The van der Waals surface area contributed by atoms with Gasteiger partial charge in [0.1, 0.15) is 0 Å². The van der Waals surface area contributed by atoms with Crippen molar-refractivity contribution < 1.29 is 4.74 Å². The van der Waals surface area contributed by atoms with Crippen molar-refractivity contribution in [2.75, 3.05) is 45.9 Å². The Hall–Kier alpha value is -1.07. The molecule has 0 saturated carbocycles. The van der Waals surface area contributed by atoms with Crippen molar-refractivity contribution in [1.82, 2.24) is 14.4 Å². The molecule has 0 radical (unpaired) electrons. The molecule has 2 aromatic rings. The van der Waals surface area contributed by atoms with E-state index in [9.17, 15) is 0 Å². The molecule has 1 fully saturated rings. The van der Waals surface area contributed by atoms with Gasteiger partial charge in [-0.3, -0.25) is 9.80 Å². The lowest BCUT2D eigenvalue weighted by molar-refractivity contribution is 0.0483. The van der Waals surface area contributed by atoms with Crippen molar-refractivity contribution in [2.24, 2.45) is 0 Å². The van der Waals surface area contributed by atoms with Crippen molar-refractivity contribution in [3.05, 3.63) is 35.5 Å². The Bertz CT molecular complexity index is 657. The highest BCUT2D eigenvalue weighted by molar-refractivity contribution is 6.31. The van der Waals surface area contributed by atoms with Crippen LogP contribution in [0.5, 0.6) is 0 Å². The van der Waals surface area contributed by atoms with Crippen LogP contribution in [0.1, 0.15) is 13.8 Å². The third kappa shape index (κ3) is 4.31. The van der Waals surface area contributed by atoms with E-state index in [1.54, 1.807) is 0 Å². The van der Waals surface area contributed by atoms with E-state index in [4.69, 9.17) is 16.3 Å². The van der Waals surface area contributed by atoms with Crippen LogP contribution in [0.25, 0.3) is 10.9 Å². The molecule has 24 heavy (non-hydrogen) atoms. The molecule has 1 saturated heterocycles. The lowest BCUT2D eigenvalue weighted by Crippen LogP contribution is -2.53. The summed E-state index contributed by atoms with van der Waals surface area (Å²) in [6.07, 6.45) is 2.17. The highest BCUT2D eigenvalue weighted by Gasteiger charge is 2.22. The van der Waals surface area contributed by atoms with E-state index >= 15 is 0 Å². The lowest BCUT2D eigenvalue weighted by Gasteiger charge is -2.39. The number of aromatic nitrogens is 1. The Morgan fingerprint density at radius 2 is 2.04 bits per heavy atom. The molecule has 1 aromatic carbocycles. The fourth-order valence-corrected chi connectivity index (χ4v) is 3.73. The number of fused-ring (bicyclic) bond motifs is 1. The second-order valence-corrected chi connectivity index (χ2v) is 7.03. The summed E-state index contributed by atoms with van der Waals surface area (Å²) in [5.41, 5.74) is 1.27. The van der Waals surface area contributed by atoms with Gasteiger partial charge in [-0.05, 0) is 38.1 Å². The molecular weight excluding hydrogens is 322 g/mol. The number of benzene rings is 1. The van der Waals surface area contributed by atoms with E-state index in [-0.39, 0.29) is 0 Å². The average Bonchev–Trinajstić information content (AvgIpc) is 2.97. The molecule has 3 rings (SSSR count). The zero-order valence-electron chi connectivity index (χ0n) is 14.7. The second-order valence-electron chi connectivity index (χ2n) is 6.59. The molecule has 0 amide bonds. The molecule has 0 aliphatic carbocycles. The van der Waals surface area contributed by atoms with Gasteiger partial charge in [-0.2, -0.15) is 0 Å². The largest absolute Gasteiger partial charge is 0.380 e. The van der Waals surface area contributed by atoms with Gasteiger partial charge in [0.2, 0.25) is 0 Å². The number of ether oxygens (including phenoxy) is 1. The smallest absolute Gasteiger partial charge is 0.0593 e. The molecule has 4 nitrogen and oxygen atoms in total. The molecule has 0 spiro atoms. The van der Waals surface area contributed by atoms with E-state index in [2.05, 4.69) is 46.5 Å². The molecule has 1 atom stereocenters. The maximum atomic E-state index is 6.07. The third-order valence-corrected chi connectivity index (χ3v) is 5.20. The number of nitrogens with zero attached hydrogens (tertiary/aromatic N) is 3. The number of hydrogen-bond donors (Lipinski definition) is 0. The van der Waals surface area contributed by atoms with Gasteiger partial charge in [0, 0.05) is 74.0 Å². The molecule has 0 unspecified atom stereocenters. The number of hydrogen-bond acceptors (Lipinski definition) is 3. The standard InChI is InChI=1S/C19H28ClN3O/c1-3-24-13-12-22-10-8-21(15-16(22)2)9-11-23-7-6-17-14-18(20)4-5-19(17)23/h4-7,14,16H,3,8-13,15H2,1-2H3/t16-/m0/s1. The highest BCUT2D eigenvalue weighted by atomic mass is 35.5. The Balaban J connectivity index is 1.50. The third-order valence-electron chi connectivity index (χ3n) is 4.97. The molecule has 0 N–H and O–H groups in total. The van der Waals surface area contributed by atoms with E-state index in [1.807, 2.05) is 12.1 Å². The maximum Gasteiger partial charge on any atom is 0.0593 e. The minimum Gasteiger partial charge on any atom is -0.380 e. The number of rotatable bonds is 7. The van der Waals surface area contributed by atoms with Gasteiger partial charge < -0.3 is 9.30 Å². The first-order valence-corrected chi connectivity index (χ1v) is 9.33. The molecule has 1 aromatic heterocycles. The van der Waals surface area contributed by atoms with Crippen molar-refractivity contribution >= 4 is 22.5 Å². The summed E-state index contributed by atoms with van der Waals surface area (Å²) >= 11 is 6.07. The normalized spacial score (nSPS) is 20.0. The van der Waals surface area contributed by atoms with E-state index < -0.39 is 0 Å². The van der Waals surface area contributed by atoms with Gasteiger partial charge in [-0.25, -0.2) is 0 Å². The summed E-state index contributed by atoms with van der Waals surface area (Å²) < 4.78 is 7.82. The van der Waals surface area contributed by atoms with Crippen LogP contribution >= 0.6 is 11.6 Å². The number of piperazine rings is 1. The van der Waals surface area contributed by atoms with Gasteiger partial charge in [0.15, 0.2) is 0 Å². The maximum absolute atomic E-state index is 6.07. The zero-order valence-corrected chi connectivity index (χ0v) is 15.5. The van der Waals surface area contributed by atoms with Gasteiger partial charge in [0.25, 0.3) is 0 Å². The van der Waals surface area contributed by atoms with Crippen LogP contribution in [0.2, 0.25) is 5.02 Å². The predicted octanol–water partition coefficient (Wildman–Crippen LogP) is 3.34. The molecule has 5 heteroatoms. The highest BCUT2D eigenvalue weighted by Crippen LogP contribution is 2.20. The quantitative estimate of drug-likeness (QED) is 0.715. The van der Waals surface area contributed by atoms with E-state index in [0.717, 1.165) is 57.5 Å². The Morgan fingerprint density at radius 1 is 1.17 bits per heavy atom. The van der Waals surface area contributed by atoms with Crippen LogP contribution in [0, 0.1) is 0 Å². The van der Waals surface area contributed by atoms with Crippen molar-refractivity contribution in [3.8, 4) is 0 Å². The fourth-order valence-electron chi connectivity index (χ4n) is 3.55. The first-order valence-electron chi connectivity index (χ1n) is 8.96. The number of halogens is 1. The summed E-state index contributed by atoms with van der Waals surface area (Å²) in [5.74, 6) is 0. The fraction of sp³-hybridized carbons (Fsp3) is 0.579. The first-order chi connectivity index (χ1) is 11.7. The molecular formula is C19H28ClN3O. The van der Waals surface area contributed by atoms with Crippen LogP contribution in [0.4, 0.5) is 0 Å². The van der Waals surface area contributed by atoms with Crippen LogP contribution in [0.3, 0.4) is 0 Å². The summed E-state index contributed by atoms with van der Waals surface area (Å²) in [7, 11) is 0. The Labute approximate surface area is 149 Å². The predicted molar refractivity (Wildman–Crippen MR) is 101 cm³/mol. The topological polar surface area (TPSA) is 20.6 Å². The summed E-state index contributed by atoms with van der Waals surface area (Å²) in [4.78, 5) is 5.11. The molecule has 0 bridgehead atoms. The van der Waals surface area contributed by atoms with Crippen LogP contribution in [0.15, 0.2) is 30.5 Å². The van der Waals surface area contributed by atoms with Gasteiger partial charge in [0.05, 0.1) is 6.61 Å². The molecule has 1 aliphatic heterocycles. The minimum absolute atomic E-state index is 0.597. The zero-order chi connectivity index (χ0) is 16.9. The van der Waals surface area contributed by atoms with Crippen molar-refractivity contribution in [2.45, 2.75) is 26.4 Å². The lowest BCUT2D eigenvalue weighted by atomic mass is 10.2. The van der Waals surface area contributed by atoms with Gasteiger partial charge in [-0.15, -0.1) is 0 Å². The first kappa shape index (κ1) is 17.7. The van der Waals surface area contributed by atoms with Gasteiger partial charge >= 0.3 is 0 Å². The average molecular weight is 350 g/mol. The molecule has 2 heterocycles.